The van der Waals surface area contributed by atoms with Crippen molar-refractivity contribution in [2.75, 3.05) is 0 Å². The summed E-state index contributed by atoms with van der Waals surface area (Å²) in [6.45, 7) is 0. The monoisotopic (exact) mass is 943 g/mol. The average molecular weight is 944 g/mol. The molecule has 0 saturated carbocycles. The van der Waals surface area contributed by atoms with Crippen LogP contribution in [0.5, 0.6) is 0 Å². The second kappa shape index (κ2) is 18.0. The minimum absolute atomic E-state index is 0.548. The molecule has 74 heavy (non-hydrogen) atoms. The number of aromatic nitrogens is 5. The molecular formula is C69H45N5. The molecule has 0 aliphatic rings. The van der Waals surface area contributed by atoms with E-state index in [2.05, 4.69) is 258 Å². The SMILES string of the molecule is c1ccc(-c2ccc(-c3nc(-c4ccccc4)nc(-n4c5ccccc5c5ccc6c7ccccc7n(-c7ccccc7-c7cccc(-c8cccc(-c9cccc(-c%10ccccc%10)c9)c8)c7)c6c54)n3)cc2)cc1. The molecule has 14 aromatic rings. The van der Waals surface area contributed by atoms with Crippen molar-refractivity contribution in [1.82, 2.24) is 24.1 Å². The molecule has 0 N–H and O–H groups in total. The number of hydrogen-bond acceptors (Lipinski definition) is 3. The summed E-state index contributed by atoms with van der Waals surface area (Å²) in [6.07, 6.45) is 0. The minimum atomic E-state index is 0.548. The Labute approximate surface area is 428 Å². The molecule has 346 valence electrons. The lowest BCUT2D eigenvalue weighted by molar-refractivity contribution is 0.953. The summed E-state index contributed by atoms with van der Waals surface area (Å²) >= 11 is 0. The van der Waals surface area contributed by atoms with Crippen molar-refractivity contribution in [2.24, 2.45) is 0 Å². The van der Waals surface area contributed by atoms with E-state index in [1.54, 1.807) is 0 Å². The smallest absolute Gasteiger partial charge is 0.238 e. The first-order chi connectivity index (χ1) is 36.7. The van der Waals surface area contributed by atoms with E-state index in [0.717, 1.165) is 93.8 Å². The molecule has 11 aromatic carbocycles. The molecule has 5 nitrogen and oxygen atoms in total. The number of fused-ring (bicyclic) bond motifs is 7. The first-order valence-electron chi connectivity index (χ1n) is 25.1. The molecule has 0 saturated heterocycles. The highest BCUT2D eigenvalue weighted by molar-refractivity contribution is 6.24. The number of para-hydroxylation sites is 3. The highest BCUT2D eigenvalue weighted by Crippen LogP contribution is 2.44. The average Bonchev–Trinajstić information content (AvgIpc) is 4.02. The third kappa shape index (κ3) is 7.46. The van der Waals surface area contributed by atoms with Gasteiger partial charge in [-0.15, -0.1) is 0 Å². The van der Waals surface area contributed by atoms with Crippen LogP contribution in [0.3, 0.4) is 0 Å². The summed E-state index contributed by atoms with van der Waals surface area (Å²) in [6, 6.07) is 97.3. The zero-order valence-corrected chi connectivity index (χ0v) is 40.2. The van der Waals surface area contributed by atoms with Crippen molar-refractivity contribution in [1.29, 1.82) is 0 Å². The van der Waals surface area contributed by atoms with Crippen molar-refractivity contribution >= 4 is 43.6 Å². The Bertz CT molecular complexity index is 4400. The summed E-state index contributed by atoms with van der Waals surface area (Å²) in [5.41, 5.74) is 18.7. The van der Waals surface area contributed by atoms with Crippen LogP contribution < -0.4 is 0 Å². The topological polar surface area (TPSA) is 48.5 Å². The highest BCUT2D eigenvalue weighted by atomic mass is 15.2. The fourth-order valence-corrected chi connectivity index (χ4v) is 10.9. The van der Waals surface area contributed by atoms with E-state index in [9.17, 15) is 0 Å². The minimum Gasteiger partial charge on any atom is -0.307 e. The second-order valence-electron chi connectivity index (χ2n) is 18.8. The quantitative estimate of drug-likeness (QED) is 0.145. The maximum absolute atomic E-state index is 5.42. The van der Waals surface area contributed by atoms with E-state index in [-0.39, 0.29) is 0 Å². The van der Waals surface area contributed by atoms with Gasteiger partial charge in [-0.3, -0.25) is 4.57 Å². The molecule has 0 atom stereocenters. The molecule has 0 bridgehead atoms. The van der Waals surface area contributed by atoms with Gasteiger partial charge in [0.2, 0.25) is 5.95 Å². The van der Waals surface area contributed by atoms with Crippen molar-refractivity contribution in [3.05, 3.63) is 273 Å². The van der Waals surface area contributed by atoms with Crippen LogP contribution in [0.2, 0.25) is 0 Å². The first kappa shape index (κ1) is 42.9. The van der Waals surface area contributed by atoms with Crippen LogP contribution in [-0.2, 0) is 0 Å². The zero-order valence-electron chi connectivity index (χ0n) is 40.2. The van der Waals surface area contributed by atoms with Crippen LogP contribution in [0, 0.1) is 0 Å². The summed E-state index contributed by atoms with van der Waals surface area (Å²) in [4.78, 5) is 16.0. The second-order valence-corrected chi connectivity index (χ2v) is 18.8. The molecule has 0 aliphatic carbocycles. The third-order valence-corrected chi connectivity index (χ3v) is 14.4. The summed E-state index contributed by atoms with van der Waals surface area (Å²) in [7, 11) is 0. The Morgan fingerprint density at radius 2 is 0.595 bits per heavy atom. The number of benzene rings is 11. The number of nitrogens with zero attached hydrogens (tertiary/aromatic N) is 5. The molecule has 0 radical (unpaired) electrons. The van der Waals surface area contributed by atoms with Gasteiger partial charge in [0.25, 0.3) is 0 Å². The van der Waals surface area contributed by atoms with Crippen LogP contribution in [0.1, 0.15) is 0 Å². The lowest BCUT2D eigenvalue weighted by atomic mass is 9.94. The summed E-state index contributed by atoms with van der Waals surface area (Å²) in [5.74, 6) is 1.75. The molecular weight excluding hydrogens is 899 g/mol. The molecule has 5 heteroatoms. The molecule has 0 fully saturated rings. The number of hydrogen-bond donors (Lipinski definition) is 0. The van der Waals surface area contributed by atoms with Crippen molar-refractivity contribution < 1.29 is 0 Å². The molecule has 0 amide bonds. The van der Waals surface area contributed by atoms with Gasteiger partial charge in [0.05, 0.1) is 27.8 Å². The lowest BCUT2D eigenvalue weighted by Gasteiger charge is -2.16. The van der Waals surface area contributed by atoms with Gasteiger partial charge < -0.3 is 4.57 Å². The van der Waals surface area contributed by atoms with Crippen molar-refractivity contribution in [3.8, 4) is 90.0 Å². The zero-order chi connectivity index (χ0) is 49.0. The fourth-order valence-electron chi connectivity index (χ4n) is 10.9. The Hall–Kier alpha value is -9.97. The maximum Gasteiger partial charge on any atom is 0.238 e. The van der Waals surface area contributed by atoms with Crippen LogP contribution in [0.4, 0.5) is 0 Å². The molecule has 3 heterocycles. The van der Waals surface area contributed by atoms with Crippen molar-refractivity contribution in [2.45, 2.75) is 0 Å². The van der Waals surface area contributed by atoms with Crippen LogP contribution in [0.25, 0.3) is 134 Å². The van der Waals surface area contributed by atoms with Crippen molar-refractivity contribution in [3.63, 3.8) is 0 Å². The van der Waals surface area contributed by atoms with Gasteiger partial charge in [-0.2, -0.15) is 9.97 Å². The van der Waals surface area contributed by atoms with E-state index in [4.69, 9.17) is 15.0 Å². The van der Waals surface area contributed by atoms with Crippen LogP contribution in [-0.4, -0.2) is 24.1 Å². The van der Waals surface area contributed by atoms with Gasteiger partial charge in [-0.25, -0.2) is 4.98 Å². The highest BCUT2D eigenvalue weighted by Gasteiger charge is 2.24. The van der Waals surface area contributed by atoms with Gasteiger partial charge in [0.15, 0.2) is 11.6 Å². The van der Waals surface area contributed by atoms with Gasteiger partial charge in [0, 0.05) is 38.2 Å². The molecule has 14 rings (SSSR count). The summed E-state index contributed by atoms with van der Waals surface area (Å²) < 4.78 is 4.73. The number of rotatable bonds is 9. The van der Waals surface area contributed by atoms with Gasteiger partial charge in [-0.1, -0.05) is 237 Å². The van der Waals surface area contributed by atoms with E-state index in [0.29, 0.717) is 17.6 Å². The van der Waals surface area contributed by atoms with Gasteiger partial charge in [-0.05, 0) is 86.5 Å². The van der Waals surface area contributed by atoms with Crippen LogP contribution in [0.15, 0.2) is 273 Å². The predicted octanol–water partition coefficient (Wildman–Crippen LogP) is 17.7. The Morgan fingerprint density at radius 3 is 1.16 bits per heavy atom. The standard InChI is InChI=1S/C69H45N5/c1-4-19-46(20-5-1)48-37-39-50(40-38-48)68-70-67(49-23-8-3-9-24-49)71-69(72-68)74-64-36-15-12-33-59(64)61-42-41-60-58-32-11-14-35-63(58)73(65(60)66(61)74)62-34-13-10-31-57(62)56-30-18-29-55(45-56)54-28-17-27-53(44-54)52-26-16-25-51(43-52)47-21-6-2-7-22-47/h1-45H. The van der Waals surface area contributed by atoms with E-state index in [1.165, 1.54) is 22.3 Å². The Balaban J connectivity index is 0.962. The Morgan fingerprint density at radius 1 is 0.230 bits per heavy atom. The lowest BCUT2D eigenvalue weighted by Crippen LogP contribution is -2.07. The van der Waals surface area contributed by atoms with Gasteiger partial charge in [0.1, 0.15) is 0 Å². The predicted molar refractivity (Wildman–Crippen MR) is 307 cm³/mol. The molecule has 0 unspecified atom stereocenters. The molecule has 0 aliphatic heterocycles. The van der Waals surface area contributed by atoms with Crippen LogP contribution >= 0.6 is 0 Å². The normalized spacial score (nSPS) is 11.5. The maximum atomic E-state index is 5.42. The first-order valence-corrected chi connectivity index (χ1v) is 25.1. The van der Waals surface area contributed by atoms with E-state index in [1.807, 2.05) is 24.3 Å². The fraction of sp³-hybridized carbons (Fsp3) is 0. The molecule has 0 spiro atoms. The summed E-state index contributed by atoms with van der Waals surface area (Å²) in [5, 5.41) is 4.54. The Kier molecular flexibility index (Phi) is 10.4. The molecule has 3 aromatic heterocycles. The van der Waals surface area contributed by atoms with E-state index < -0.39 is 0 Å². The van der Waals surface area contributed by atoms with Gasteiger partial charge >= 0.3 is 0 Å². The van der Waals surface area contributed by atoms with E-state index >= 15 is 0 Å². The largest absolute Gasteiger partial charge is 0.307 e. The third-order valence-electron chi connectivity index (χ3n) is 14.4.